The standard InChI is InChI=1S/C40H72N4O10.3Na/c1-3-5-7-9-11-13-15-17-19-24-35(46)42-31(27-29-37(48)49)38(50)44-32(39(51)52)23-21-22-30-41-34(45)28-26-33(40(53)54)43-36(47)25-20-18-16-14-12-10-8-6-4-2;;;/h31-33H,3-30H2,1-2H3,(H,41,45)(H,42,46)(H,43,47)(H,44,50)(H,48,49)(H,51,52)(H,53,54);;;/q;3*+1/p-3. The van der Waals surface area contributed by atoms with Gasteiger partial charge < -0.3 is 51.0 Å². The number of amides is 4. The molecule has 0 aliphatic heterocycles. The van der Waals surface area contributed by atoms with Crippen molar-refractivity contribution in [2.45, 2.75) is 205 Å². The second-order valence-electron chi connectivity index (χ2n) is 14.4. The first-order valence-corrected chi connectivity index (χ1v) is 20.7. The van der Waals surface area contributed by atoms with Crippen molar-refractivity contribution in [2.75, 3.05) is 6.54 Å². The van der Waals surface area contributed by atoms with Gasteiger partial charge in [0.05, 0.1) is 24.0 Å². The van der Waals surface area contributed by atoms with Crippen LogP contribution in [0.2, 0.25) is 0 Å². The van der Waals surface area contributed by atoms with Gasteiger partial charge >= 0.3 is 88.7 Å². The Morgan fingerprint density at radius 1 is 0.404 bits per heavy atom. The zero-order valence-electron chi connectivity index (χ0n) is 36.1. The summed E-state index contributed by atoms with van der Waals surface area (Å²) >= 11 is 0. The van der Waals surface area contributed by atoms with Crippen molar-refractivity contribution in [2.24, 2.45) is 0 Å². The van der Waals surface area contributed by atoms with Crippen molar-refractivity contribution >= 4 is 41.5 Å². The van der Waals surface area contributed by atoms with Gasteiger partial charge in [-0.25, -0.2) is 0 Å². The van der Waals surface area contributed by atoms with Gasteiger partial charge in [0.15, 0.2) is 0 Å². The van der Waals surface area contributed by atoms with Gasteiger partial charge in [-0.15, -0.1) is 0 Å². The summed E-state index contributed by atoms with van der Waals surface area (Å²) in [4.78, 5) is 84.4. The molecule has 0 aromatic carbocycles. The Kier molecular flexibility index (Phi) is 47.9. The Morgan fingerprint density at radius 3 is 1.21 bits per heavy atom. The average Bonchev–Trinajstić information content (AvgIpc) is 3.12. The zero-order valence-corrected chi connectivity index (χ0v) is 42.1. The number of carbonyl (C=O) groups is 7. The molecule has 3 atom stereocenters. The number of nitrogens with one attached hydrogen (secondary N) is 4. The van der Waals surface area contributed by atoms with Crippen LogP contribution in [-0.4, -0.2) is 66.2 Å². The monoisotopic (exact) mass is 834 g/mol. The molecule has 0 radical (unpaired) electrons. The number of rotatable bonds is 37. The first kappa shape index (κ1) is 62.9. The van der Waals surface area contributed by atoms with Crippen molar-refractivity contribution in [3.8, 4) is 0 Å². The number of hydrogen-bond acceptors (Lipinski definition) is 10. The van der Waals surface area contributed by atoms with Crippen molar-refractivity contribution in [1.82, 2.24) is 21.3 Å². The molecule has 0 saturated carbocycles. The van der Waals surface area contributed by atoms with Crippen LogP contribution in [0.25, 0.3) is 0 Å². The van der Waals surface area contributed by atoms with Gasteiger partial charge in [0.2, 0.25) is 23.6 Å². The van der Waals surface area contributed by atoms with Gasteiger partial charge in [-0.05, 0) is 51.4 Å². The van der Waals surface area contributed by atoms with E-state index in [4.69, 9.17) is 0 Å². The Hall–Kier alpha value is -0.710. The first-order chi connectivity index (χ1) is 25.9. The molecule has 17 heteroatoms. The fraction of sp³-hybridized carbons (Fsp3) is 0.825. The van der Waals surface area contributed by atoms with Crippen molar-refractivity contribution < 1.29 is 138 Å². The third kappa shape index (κ3) is 39.2. The minimum absolute atomic E-state index is 0. The molecule has 312 valence electrons. The molecule has 57 heavy (non-hydrogen) atoms. The Balaban J connectivity index is -0.00000468. The smallest absolute Gasteiger partial charge is 0.550 e. The van der Waals surface area contributed by atoms with E-state index in [1.54, 1.807) is 0 Å². The second-order valence-corrected chi connectivity index (χ2v) is 14.4. The summed E-state index contributed by atoms with van der Waals surface area (Å²) in [7, 11) is 0. The molecule has 14 nitrogen and oxygen atoms in total. The van der Waals surface area contributed by atoms with Crippen LogP contribution >= 0.6 is 0 Å². The van der Waals surface area contributed by atoms with Crippen molar-refractivity contribution in [3.63, 3.8) is 0 Å². The van der Waals surface area contributed by atoms with E-state index in [9.17, 15) is 48.9 Å². The van der Waals surface area contributed by atoms with E-state index in [1.807, 2.05) is 0 Å². The number of carboxylic acid groups (broad SMARTS) is 3. The summed E-state index contributed by atoms with van der Waals surface area (Å²) in [5.41, 5.74) is 0. The van der Waals surface area contributed by atoms with Gasteiger partial charge in [-0.1, -0.05) is 117 Å². The van der Waals surface area contributed by atoms with E-state index >= 15 is 0 Å². The molecule has 0 aromatic heterocycles. The Morgan fingerprint density at radius 2 is 0.789 bits per heavy atom. The summed E-state index contributed by atoms with van der Waals surface area (Å²) in [6.07, 6.45) is 19.1. The molecule has 4 amide bonds. The first-order valence-electron chi connectivity index (χ1n) is 20.7. The van der Waals surface area contributed by atoms with Crippen LogP contribution < -0.4 is 125 Å². The number of hydrogen-bond donors (Lipinski definition) is 4. The number of carboxylic acids is 3. The summed E-state index contributed by atoms with van der Waals surface area (Å²) in [6.45, 7) is 4.49. The number of unbranched alkanes of at least 4 members (excludes halogenated alkanes) is 17. The molecule has 0 spiro atoms. The van der Waals surface area contributed by atoms with E-state index in [0.29, 0.717) is 19.3 Å². The normalized spacial score (nSPS) is 12.0. The molecule has 0 aliphatic rings. The van der Waals surface area contributed by atoms with Crippen LogP contribution in [0.15, 0.2) is 0 Å². The molecule has 0 bridgehead atoms. The summed E-state index contributed by atoms with van der Waals surface area (Å²) in [5.74, 6) is -6.57. The molecular formula is C40H69N4Na3O10. The molecule has 0 aliphatic carbocycles. The summed E-state index contributed by atoms with van der Waals surface area (Å²) in [5, 5.41) is 44.3. The van der Waals surface area contributed by atoms with Crippen LogP contribution in [0.4, 0.5) is 0 Å². The maximum atomic E-state index is 12.9. The molecule has 0 fully saturated rings. The van der Waals surface area contributed by atoms with E-state index in [-0.39, 0.29) is 140 Å². The van der Waals surface area contributed by atoms with Gasteiger partial charge in [0.1, 0.15) is 6.04 Å². The van der Waals surface area contributed by atoms with E-state index < -0.39 is 66.1 Å². The average molecular weight is 835 g/mol. The summed E-state index contributed by atoms with van der Waals surface area (Å²) < 4.78 is 0. The fourth-order valence-electron chi connectivity index (χ4n) is 6.09. The predicted octanol–water partition coefficient (Wildman–Crippen LogP) is -6.61. The van der Waals surface area contributed by atoms with E-state index in [1.165, 1.54) is 57.8 Å². The maximum Gasteiger partial charge on any atom is 1.00 e. The minimum Gasteiger partial charge on any atom is -0.550 e. The topological polar surface area (TPSA) is 237 Å². The third-order valence-corrected chi connectivity index (χ3v) is 9.43. The van der Waals surface area contributed by atoms with E-state index in [2.05, 4.69) is 35.1 Å². The SMILES string of the molecule is CCCCCCCCCCCC(=O)NC(CCC(=O)NCCCCC(NC(=O)C(CCC(=O)[O-])NC(=O)CCCCCCCCCCC)C(=O)[O-])C(=O)[O-].[Na+].[Na+].[Na+]. The molecule has 4 N–H and O–H groups in total. The van der Waals surface area contributed by atoms with Gasteiger partial charge in [0.25, 0.3) is 0 Å². The largest absolute Gasteiger partial charge is 1.00 e. The van der Waals surface area contributed by atoms with E-state index in [0.717, 1.165) is 44.9 Å². The Bertz CT molecular complexity index is 1100. The van der Waals surface area contributed by atoms with Crippen LogP contribution in [-0.2, 0) is 33.6 Å². The van der Waals surface area contributed by atoms with Crippen LogP contribution in [0.3, 0.4) is 0 Å². The number of aliphatic carboxylic acids is 3. The molecule has 0 rings (SSSR count). The van der Waals surface area contributed by atoms with Crippen LogP contribution in [0.1, 0.15) is 187 Å². The molecular weight excluding hydrogens is 765 g/mol. The molecule has 0 heterocycles. The van der Waals surface area contributed by atoms with Gasteiger partial charge in [-0.2, -0.15) is 0 Å². The summed E-state index contributed by atoms with van der Waals surface area (Å²) in [6, 6.07) is -3.99. The fourth-order valence-corrected chi connectivity index (χ4v) is 6.09. The molecule has 0 saturated heterocycles. The minimum atomic E-state index is -1.56. The molecule has 0 aromatic rings. The maximum absolute atomic E-state index is 12.9. The van der Waals surface area contributed by atoms with Crippen molar-refractivity contribution in [3.05, 3.63) is 0 Å². The van der Waals surface area contributed by atoms with Crippen LogP contribution in [0.5, 0.6) is 0 Å². The zero-order chi connectivity index (χ0) is 40.4. The second kappa shape index (κ2) is 43.4. The van der Waals surface area contributed by atoms with Crippen molar-refractivity contribution in [1.29, 1.82) is 0 Å². The quantitative estimate of drug-likeness (QED) is 0.0341. The predicted molar refractivity (Wildman–Crippen MR) is 200 cm³/mol. The Labute approximate surface area is 408 Å². The number of carbonyl (C=O) groups excluding carboxylic acids is 7. The van der Waals surface area contributed by atoms with Gasteiger partial charge in [-0.3, -0.25) is 19.2 Å². The van der Waals surface area contributed by atoms with Crippen LogP contribution in [0, 0.1) is 0 Å². The third-order valence-electron chi connectivity index (χ3n) is 9.43. The van der Waals surface area contributed by atoms with Gasteiger partial charge in [0, 0.05) is 31.8 Å². The molecule has 3 unspecified atom stereocenters.